The average molecular weight is 274 g/mol. The fourth-order valence-electron chi connectivity index (χ4n) is 2.62. The summed E-state index contributed by atoms with van der Waals surface area (Å²) in [6, 6.07) is 7.69. The molecule has 0 aromatic heterocycles. The molecule has 0 aliphatic carbocycles. The van der Waals surface area contributed by atoms with Gasteiger partial charge in [-0.25, -0.2) is 4.79 Å². The molecule has 2 rings (SSSR count). The number of rotatable bonds is 4. The fraction of sp³-hybridized carbons (Fsp3) is 0.438. The minimum Gasteiger partial charge on any atom is -0.394 e. The van der Waals surface area contributed by atoms with Gasteiger partial charge < -0.3 is 15.3 Å². The van der Waals surface area contributed by atoms with Crippen LogP contribution in [0, 0.1) is 0 Å². The quantitative estimate of drug-likeness (QED) is 0.653. The third-order valence-electron chi connectivity index (χ3n) is 3.67. The van der Waals surface area contributed by atoms with Crippen molar-refractivity contribution >= 4 is 6.03 Å². The van der Waals surface area contributed by atoms with Crippen LogP contribution in [0.5, 0.6) is 0 Å². The lowest BCUT2D eigenvalue weighted by Gasteiger charge is -2.36. The molecule has 1 unspecified atom stereocenters. The molecule has 4 nitrogen and oxygen atoms in total. The van der Waals surface area contributed by atoms with Crippen molar-refractivity contribution in [3.05, 3.63) is 47.5 Å². The summed E-state index contributed by atoms with van der Waals surface area (Å²) >= 11 is 0. The molecule has 20 heavy (non-hydrogen) atoms. The zero-order chi connectivity index (χ0) is 14.4. The molecule has 0 spiro atoms. The second kappa shape index (κ2) is 7.10. The van der Waals surface area contributed by atoms with Gasteiger partial charge in [-0.05, 0) is 30.9 Å². The first-order valence-electron chi connectivity index (χ1n) is 7.12. The van der Waals surface area contributed by atoms with E-state index >= 15 is 0 Å². The zero-order valence-electron chi connectivity index (χ0n) is 11.9. The summed E-state index contributed by atoms with van der Waals surface area (Å²) in [5.74, 6) is 0. The topological polar surface area (TPSA) is 52.6 Å². The van der Waals surface area contributed by atoms with Crippen molar-refractivity contribution in [2.24, 2.45) is 0 Å². The predicted molar refractivity (Wildman–Crippen MR) is 79.5 cm³/mol. The second-order valence-corrected chi connectivity index (χ2v) is 4.93. The van der Waals surface area contributed by atoms with Gasteiger partial charge in [0.1, 0.15) is 0 Å². The summed E-state index contributed by atoms with van der Waals surface area (Å²) in [5.41, 5.74) is 2.29. The maximum absolute atomic E-state index is 12.2. The molecule has 0 saturated heterocycles. The standard InChI is InChI=1S/C16H22N2O2/c1-2-3-6-10-17-16(20)18-11-9-13-7-4-5-8-14(13)15(18)12-19/h2-5,7-8,15,19H,6,9-12H2,1H3,(H,17,20)/b3-2+. The molecule has 0 saturated carbocycles. The number of hydrogen-bond acceptors (Lipinski definition) is 2. The number of carbonyl (C=O) groups excluding carboxylic acids is 1. The van der Waals surface area contributed by atoms with Crippen LogP contribution in [0.25, 0.3) is 0 Å². The Morgan fingerprint density at radius 1 is 1.50 bits per heavy atom. The Morgan fingerprint density at radius 3 is 3.05 bits per heavy atom. The third kappa shape index (κ3) is 3.20. The van der Waals surface area contributed by atoms with Gasteiger partial charge in [0.25, 0.3) is 0 Å². The van der Waals surface area contributed by atoms with Gasteiger partial charge in [0.05, 0.1) is 12.6 Å². The number of carbonyl (C=O) groups is 1. The van der Waals surface area contributed by atoms with E-state index in [0.717, 1.165) is 18.4 Å². The molecule has 0 radical (unpaired) electrons. The molecule has 0 bridgehead atoms. The normalized spacial score (nSPS) is 18.1. The van der Waals surface area contributed by atoms with E-state index in [1.807, 2.05) is 37.3 Å². The summed E-state index contributed by atoms with van der Waals surface area (Å²) in [6.45, 7) is 3.20. The van der Waals surface area contributed by atoms with Crippen LogP contribution in [0.15, 0.2) is 36.4 Å². The van der Waals surface area contributed by atoms with Gasteiger partial charge in [-0.1, -0.05) is 36.4 Å². The van der Waals surface area contributed by atoms with E-state index in [1.165, 1.54) is 5.56 Å². The SMILES string of the molecule is C/C=C/CCNC(=O)N1CCc2ccccc2C1CO. The number of benzene rings is 1. The predicted octanol–water partition coefficient (Wildman–Crippen LogP) is 2.25. The van der Waals surface area contributed by atoms with Gasteiger partial charge in [0, 0.05) is 13.1 Å². The first-order valence-corrected chi connectivity index (χ1v) is 7.12. The maximum atomic E-state index is 12.2. The van der Waals surface area contributed by atoms with Crippen LogP contribution in [0.2, 0.25) is 0 Å². The molecule has 1 aromatic rings. The van der Waals surface area contributed by atoms with Crippen molar-refractivity contribution in [3.63, 3.8) is 0 Å². The van der Waals surface area contributed by atoms with Gasteiger partial charge in [-0.15, -0.1) is 0 Å². The smallest absolute Gasteiger partial charge is 0.318 e. The molecule has 1 heterocycles. The molecular formula is C16H22N2O2. The highest BCUT2D eigenvalue weighted by Crippen LogP contribution is 2.29. The van der Waals surface area contributed by atoms with Crippen molar-refractivity contribution in [2.45, 2.75) is 25.8 Å². The number of hydrogen-bond donors (Lipinski definition) is 2. The van der Waals surface area contributed by atoms with E-state index < -0.39 is 0 Å². The highest BCUT2D eigenvalue weighted by Gasteiger charge is 2.29. The van der Waals surface area contributed by atoms with E-state index in [1.54, 1.807) is 4.90 Å². The number of amides is 2. The van der Waals surface area contributed by atoms with Crippen molar-refractivity contribution in [3.8, 4) is 0 Å². The molecule has 1 aromatic carbocycles. The molecule has 2 amide bonds. The Balaban J connectivity index is 2.04. The van der Waals surface area contributed by atoms with E-state index in [9.17, 15) is 9.90 Å². The van der Waals surface area contributed by atoms with Crippen LogP contribution in [-0.4, -0.2) is 35.7 Å². The number of fused-ring (bicyclic) bond motifs is 1. The molecule has 2 N–H and O–H groups in total. The molecule has 4 heteroatoms. The van der Waals surface area contributed by atoms with Crippen LogP contribution in [0.3, 0.4) is 0 Å². The Morgan fingerprint density at radius 2 is 2.30 bits per heavy atom. The van der Waals surface area contributed by atoms with Crippen LogP contribution < -0.4 is 5.32 Å². The van der Waals surface area contributed by atoms with Gasteiger partial charge in [-0.3, -0.25) is 0 Å². The van der Waals surface area contributed by atoms with Gasteiger partial charge >= 0.3 is 6.03 Å². The number of aliphatic hydroxyl groups is 1. The summed E-state index contributed by atoms with van der Waals surface area (Å²) in [6.07, 6.45) is 5.67. The van der Waals surface area contributed by atoms with Crippen molar-refractivity contribution in [1.29, 1.82) is 0 Å². The molecule has 1 aliphatic rings. The summed E-state index contributed by atoms with van der Waals surface area (Å²) < 4.78 is 0. The second-order valence-electron chi connectivity index (χ2n) is 4.93. The Hall–Kier alpha value is -1.81. The summed E-state index contributed by atoms with van der Waals surface area (Å²) in [4.78, 5) is 14.0. The third-order valence-corrected chi connectivity index (χ3v) is 3.67. The minimum atomic E-state index is -0.235. The van der Waals surface area contributed by atoms with E-state index in [0.29, 0.717) is 13.1 Å². The van der Waals surface area contributed by atoms with Crippen molar-refractivity contribution in [1.82, 2.24) is 10.2 Å². The van der Waals surface area contributed by atoms with E-state index in [2.05, 4.69) is 11.4 Å². The van der Waals surface area contributed by atoms with Crippen molar-refractivity contribution < 1.29 is 9.90 Å². The van der Waals surface area contributed by atoms with E-state index in [-0.39, 0.29) is 18.7 Å². The lowest BCUT2D eigenvalue weighted by atomic mass is 9.93. The first kappa shape index (κ1) is 14.6. The summed E-state index contributed by atoms with van der Waals surface area (Å²) in [5, 5.41) is 12.5. The molecule has 108 valence electrons. The van der Waals surface area contributed by atoms with E-state index in [4.69, 9.17) is 0 Å². The monoisotopic (exact) mass is 274 g/mol. The lowest BCUT2D eigenvalue weighted by Crippen LogP contribution is -2.46. The number of nitrogens with zero attached hydrogens (tertiary/aromatic N) is 1. The minimum absolute atomic E-state index is 0.0424. The lowest BCUT2D eigenvalue weighted by molar-refractivity contribution is 0.127. The van der Waals surface area contributed by atoms with Crippen LogP contribution in [-0.2, 0) is 6.42 Å². The van der Waals surface area contributed by atoms with Gasteiger partial charge in [0.2, 0.25) is 0 Å². The van der Waals surface area contributed by atoms with Crippen molar-refractivity contribution in [2.75, 3.05) is 19.7 Å². The number of aliphatic hydroxyl groups excluding tert-OH is 1. The van der Waals surface area contributed by atoms with Gasteiger partial charge in [0.15, 0.2) is 0 Å². The fourth-order valence-corrected chi connectivity index (χ4v) is 2.62. The van der Waals surface area contributed by atoms with Crippen LogP contribution in [0.1, 0.15) is 30.5 Å². The average Bonchev–Trinajstić information content (AvgIpc) is 2.50. The Kier molecular flexibility index (Phi) is 5.18. The first-order chi connectivity index (χ1) is 9.77. The highest BCUT2D eigenvalue weighted by molar-refractivity contribution is 5.75. The number of urea groups is 1. The van der Waals surface area contributed by atoms with Crippen LogP contribution >= 0.6 is 0 Å². The molecule has 1 atom stereocenters. The highest BCUT2D eigenvalue weighted by atomic mass is 16.3. The largest absolute Gasteiger partial charge is 0.394 e. The maximum Gasteiger partial charge on any atom is 0.318 e. The zero-order valence-corrected chi connectivity index (χ0v) is 11.9. The summed E-state index contributed by atoms with van der Waals surface area (Å²) in [7, 11) is 0. The van der Waals surface area contributed by atoms with Crippen LogP contribution in [0.4, 0.5) is 4.79 Å². The molecular weight excluding hydrogens is 252 g/mol. The van der Waals surface area contributed by atoms with Gasteiger partial charge in [-0.2, -0.15) is 0 Å². The Labute approximate surface area is 120 Å². The number of nitrogens with one attached hydrogen (secondary N) is 1. The molecule has 1 aliphatic heterocycles. The number of allylic oxidation sites excluding steroid dienone is 1. The molecule has 0 fully saturated rings. The Bertz CT molecular complexity index is 485.